The Morgan fingerprint density at radius 1 is 0.968 bits per heavy atom. The van der Waals surface area contributed by atoms with Gasteiger partial charge in [-0.05, 0) is 42.3 Å². The second-order valence-corrected chi connectivity index (χ2v) is 9.00. The largest absolute Gasteiger partial charge is 0.496 e. The van der Waals surface area contributed by atoms with Crippen LogP contribution in [0.4, 0.5) is 0 Å². The van der Waals surface area contributed by atoms with Gasteiger partial charge in [0.25, 0.3) is 0 Å². The van der Waals surface area contributed by atoms with E-state index in [0.29, 0.717) is 10.8 Å². The fourth-order valence-electron chi connectivity index (χ4n) is 3.06. The second kappa shape index (κ2) is 10.4. The van der Waals surface area contributed by atoms with Crippen LogP contribution >= 0.6 is 11.6 Å². The fourth-order valence-corrected chi connectivity index (χ4v) is 4.38. The number of nitrogens with one attached hydrogen (secondary N) is 2. The highest BCUT2D eigenvalue weighted by Gasteiger charge is 2.26. The zero-order valence-electron chi connectivity index (χ0n) is 16.9. The van der Waals surface area contributed by atoms with Gasteiger partial charge < -0.3 is 10.1 Å². The molecule has 0 fully saturated rings. The highest BCUT2D eigenvalue weighted by molar-refractivity contribution is 7.89. The number of halogens is 1. The monoisotopic (exact) mass is 458 g/mol. The molecule has 0 saturated heterocycles. The van der Waals surface area contributed by atoms with Crippen LogP contribution in [-0.2, 0) is 27.8 Å². The van der Waals surface area contributed by atoms with Gasteiger partial charge in [-0.15, -0.1) is 0 Å². The molecule has 0 bridgehead atoms. The number of carbonyl (C=O) groups is 1. The minimum absolute atomic E-state index is 0.0347. The molecule has 6 nitrogen and oxygen atoms in total. The summed E-state index contributed by atoms with van der Waals surface area (Å²) in [5.74, 6) is 0.205. The summed E-state index contributed by atoms with van der Waals surface area (Å²) in [6, 6.07) is 21.3. The summed E-state index contributed by atoms with van der Waals surface area (Å²) in [6.07, 6.45) is 0.200. The Kier molecular flexibility index (Phi) is 7.68. The Labute approximate surface area is 187 Å². The third-order valence-electron chi connectivity index (χ3n) is 4.67. The Hall–Kier alpha value is -2.87. The first-order chi connectivity index (χ1) is 14.9. The predicted octanol–water partition coefficient (Wildman–Crippen LogP) is 3.55. The first kappa shape index (κ1) is 22.8. The molecule has 3 aromatic rings. The maximum atomic E-state index is 13.0. The van der Waals surface area contributed by atoms with Gasteiger partial charge in [-0.2, -0.15) is 4.72 Å². The minimum Gasteiger partial charge on any atom is -0.496 e. The van der Waals surface area contributed by atoms with Crippen molar-refractivity contribution in [2.75, 3.05) is 7.11 Å². The molecule has 8 heteroatoms. The lowest BCUT2D eigenvalue weighted by Crippen LogP contribution is -2.47. The van der Waals surface area contributed by atoms with Gasteiger partial charge in [-0.1, -0.05) is 60.1 Å². The van der Waals surface area contributed by atoms with E-state index in [9.17, 15) is 13.2 Å². The molecule has 31 heavy (non-hydrogen) atoms. The van der Waals surface area contributed by atoms with E-state index in [0.717, 1.165) is 11.1 Å². The summed E-state index contributed by atoms with van der Waals surface area (Å²) in [6.45, 7) is 0.205. The molecule has 2 N–H and O–H groups in total. The maximum Gasteiger partial charge on any atom is 0.241 e. The molecule has 0 heterocycles. The van der Waals surface area contributed by atoms with Crippen molar-refractivity contribution in [2.24, 2.45) is 0 Å². The van der Waals surface area contributed by atoms with Crippen molar-refractivity contribution in [1.82, 2.24) is 10.0 Å². The number of rotatable bonds is 9. The molecule has 1 unspecified atom stereocenters. The molecule has 0 aliphatic heterocycles. The lowest BCUT2D eigenvalue weighted by atomic mass is 10.1. The van der Waals surface area contributed by atoms with Crippen LogP contribution in [0.15, 0.2) is 83.8 Å². The van der Waals surface area contributed by atoms with E-state index in [1.54, 1.807) is 13.2 Å². The zero-order valence-corrected chi connectivity index (χ0v) is 18.5. The van der Waals surface area contributed by atoms with E-state index in [4.69, 9.17) is 16.3 Å². The average molecular weight is 459 g/mol. The number of hydrogen-bond acceptors (Lipinski definition) is 4. The third kappa shape index (κ3) is 6.30. The topological polar surface area (TPSA) is 84.5 Å². The highest BCUT2D eigenvalue weighted by Crippen LogP contribution is 2.18. The van der Waals surface area contributed by atoms with Crippen molar-refractivity contribution in [3.63, 3.8) is 0 Å². The molecule has 1 atom stereocenters. The van der Waals surface area contributed by atoms with Crippen molar-refractivity contribution in [3.05, 3.63) is 95.0 Å². The van der Waals surface area contributed by atoms with E-state index >= 15 is 0 Å². The molecule has 0 spiro atoms. The lowest BCUT2D eigenvalue weighted by Gasteiger charge is -2.19. The molecule has 0 aliphatic rings. The van der Waals surface area contributed by atoms with E-state index in [-0.39, 0.29) is 17.9 Å². The van der Waals surface area contributed by atoms with Gasteiger partial charge in [0.2, 0.25) is 15.9 Å². The quantitative estimate of drug-likeness (QED) is 0.513. The lowest BCUT2D eigenvalue weighted by molar-refractivity contribution is -0.122. The van der Waals surface area contributed by atoms with Crippen LogP contribution in [0.2, 0.25) is 5.02 Å². The Bertz CT molecular complexity index is 1120. The Morgan fingerprint density at radius 2 is 1.61 bits per heavy atom. The van der Waals surface area contributed by atoms with Gasteiger partial charge in [-0.3, -0.25) is 4.79 Å². The summed E-state index contributed by atoms with van der Waals surface area (Å²) in [4.78, 5) is 13.0. The van der Waals surface area contributed by atoms with Crippen LogP contribution < -0.4 is 14.8 Å². The zero-order chi connectivity index (χ0) is 22.3. The van der Waals surface area contributed by atoms with Crippen LogP contribution in [-0.4, -0.2) is 27.5 Å². The normalized spacial score (nSPS) is 12.2. The van der Waals surface area contributed by atoms with Gasteiger partial charge in [-0.25, -0.2) is 8.42 Å². The van der Waals surface area contributed by atoms with Crippen LogP contribution in [0.3, 0.4) is 0 Å². The standard InChI is InChI=1S/C23H23ClN2O4S/c1-30-22-10-6-5-9-18(22)16-25-23(27)21(15-17-7-3-2-4-8-17)26-31(28,29)20-13-11-19(24)12-14-20/h2-14,21,26H,15-16H2,1H3,(H,25,27). The smallest absolute Gasteiger partial charge is 0.241 e. The summed E-state index contributed by atoms with van der Waals surface area (Å²) >= 11 is 5.86. The van der Waals surface area contributed by atoms with E-state index in [1.807, 2.05) is 48.5 Å². The first-order valence-corrected chi connectivity index (χ1v) is 11.5. The van der Waals surface area contributed by atoms with Gasteiger partial charge in [0.15, 0.2) is 0 Å². The summed E-state index contributed by atoms with van der Waals surface area (Å²) in [7, 11) is -2.38. The van der Waals surface area contributed by atoms with Crippen molar-refractivity contribution in [1.29, 1.82) is 0 Å². The highest BCUT2D eigenvalue weighted by atomic mass is 35.5. The molecule has 3 rings (SSSR count). The third-order valence-corrected chi connectivity index (χ3v) is 6.41. The van der Waals surface area contributed by atoms with Crippen LogP contribution in [0.1, 0.15) is 11.1 Å². The van der Waals surface area contributed by atoms with Crippen LogP contribution in [0.25, 0.3) is 0 Å². The van der Waals surface area contributed by atoms with Crippen LogP contribution in [0, 0.1) is 0 Å². The van der Waals surface area contributed by atoms with E-state index < -0.39 is 22.0 Å². The van der Waals surface area contributed by atoms with Crippen molar-refractivity contribution in [3.8, 4) is 5.75 Å². The molecule has 162 valence electrons. The SMILES string of the molecule is COc1ccccc1CNC(=O)C(Cc1ccccc1)NS(=O)(=O)c1ccc(Cl)cc1. The van der Waals surface area contributed by atoms with Gasteiger partial charge in [0.1, 0.15) is 11.8 Å². The molecule has 0 saturated carbocycles. The molecule has 3 aromatic carbocycles. The Morgan fingerprint density at radius 3 is 2.29 bits per heavy atom. The maximum absolute atomic E-state index is 13.0. The summed E-state index contributed by atoms with van der Waals surface area (Å²) in [5.41, 5.74) is 1.62. The van der Waals surface area contributed by atoms with Gasteiger partial charge >= 0.3 is 0 Å². The predicted molar refractivity (Wildman–Crippen MR) is 121 cm³/mol. The minimum atomic E-state index is -3.93. The van der Waals surface area contributed by atoms with Crippen molar-refractivity contribution >= 4 is 27.5 Å². The molecule has 0 aliphatic carbocycles. The number of sulfonamides is 1. The molecule has 0 radical (unpaired) electrons. The van der Waals surface area contributed by atoms with Gasteiger partial charge in [0, 0.05) is 17.1 Å². The molecular weight excluding hydrogens is 436 g/mol. The van der Waals surface area contributed by atoms with E-state index in [1.165, 1.54) is 24.3 Å². The number of benzene rings is 3. The second-order valence-electron chi connectivity index (χ2n) is 6.85. The molecular formula is C23H23ClN2O4S. The number of methoxy groups -OCH3 is 1. The molecule has 1 amide bonds. The van der Waals surface area contributed by atoms with Gasteiger partial charge in [0.05, 0.1) is 12.0 Å². The first-order valence-electron chi connectivity index (χ1n) is 9.60. The van der Waals surface area contributed by atoms with Crippen molar-refractivity contribution < 1.29 is 17.9 Å². The van der Waals surface area contributed by atoms with Crippen LogP contribution in [0.5, 0.6) is 5.75 Å². The number of ether oxygens (including phenoxy) is 1. The number of amides is 1. The number of hydrogen-bond donors (Lipinski definition) is 2. The number of para-hydroxylation sites is 1. The average Bonchev–Trinajstić information content (AvgIpc) is 2.78. The number of carbonyl (C=O) groups excluding carboxylic acids is 1. The molecule has 0 aromatic heterocycles. The summed E-state index contributed by atoms with van der Waals surface area (Å²) in [5, 5.41) is 3.24. The fraction of sp³-hybridized carbons (Fsp3) is 0.174. The van der Waals surface area contributed by atoms with Crippen molar-refractivity contribution in [2.45, 2.75) is 23.9 Å². The van der Waals surface area contributed by atoms with E-state index in [2.05, 4.69) is 10.0 Å². The summed E-state index contributed by atoms with van der Waals surface area (Å²) < 4.78 is 33.6. The Balaban J connectivity index is 1.80.